The predicted octanol–water partition coefficient (Wildman–Crippen LogP) is 5.40. The van der Waals surface area contributed by atoms with Crippen LogP contribution in [-0.4, -0.2) is 37.3 Å². The van der Waals surface area contributed by atoms with E-state index in [0.717, 1.165) is 21.7 Å². The van der Waals surface area contributed by atoms with E-state index in [0.29, 0.717) is 23.7 Å². The summed E-state index contributed by atoms with van der Waals surface area (Å²) < 4.78 is 4.87. The van der Waals surface area contributed by atoms with Gasteiger partial charge >= 0.3 is 5.97 Å². The van der Waals surface area contributed by atoms with Crippen LogP contribution in [0.15, 0.2) is 60.0 Å². The summed E-state index contributed by atoms with van der Waals surface area (Å²) in [4.78, 5) is 12.8. The lowest BCUT2D eigenvalue weighted by Gasteiger charge is -2.19. The van der Waals surface area contributed by atoms with Crippen LogP contribution in [0, 0.1) is 0 Å². The summed E-state index contributed by atoms with van der Waals surface area (Å²) in [6, 6.07) is 17.1. The van der Waals surface area contributed by atoms with Crippen molar-refractivity contribution in [3.05, 3.63) is 76.1 Å². The zero-order chi connectivity index (χ0) is 21.5. The normalized spacial score (nSPS) is 12.5. The summed E-state index contributed by atoms with van der Waals surface area (Å²) in [6.45, 7) is 3.16. The standard InChI is InChI=1S/C23H25ClN2O3S.ClH/c1-15(25-14-21(27)16-5-3-7-18(24)11-16)13-26-19-8-4-6-17(12-19)22-20(9-10-30-22)23(28)29-2;/h3-12,15,21,25-27H,13-14H2,1-2H3;1H. The molecule has 31 heavy (non-hydrogen) atoms. The smallest absolute Gasteiger partial charge is 0.339 e. The van der Waals surface area contributed by atoms with Crippen molar-refractivity contribution >= 4 is 47.0 Å². The molecule has 3 rings (SSSR count). The Kier molecular flexibility index (Phi) is 9.81. The van der Waals surface area contributed by atoms with E-state index in [1.54, 1.807) is 18.2 Å². The third-order valence-corrected chi connectivity index (χ3v) is 5.90. The van der Waals surface area contributed by atoms with Crippen molar-refractivity contribution in [3.8, 4) is 10.4 Å². The van der Waals surface area contributed by atoms with E-state index < -0.39 is 6.10 Å². The van der Waals surface area contributed by atoms with Gasteiger partial charge in [-0.05, 0) is 53.8 Å². The second-order valence-electron chi connectivity index (χ2n) is 7.00. The molecule has 2 unspecified atom stereocenters. The number of hydrogen-bond acceptors (Lipinski definition) is 6. The minimum atomic E-state index is -0.620. The van der Waals surface area contributed by atoms with Gasteiger partial charge in [-0.3, -0.25) is 0 Å². The number of halogens is 2. The molecule has 1 aromatic heterocycles. The number of thiophene rings is 1. The maximum Gasteiger partial charge on any atom is 0.339 e. The molecule has 3 aromatic rings. The molecule has 0 saturated heterocycles. The van der Waals surface area contributed by atoms with E-state index in [1.165, 1.54) is 18.4 Å². The van der Waals surface area contributed by atoms with Crippen molar-refractivity contribution in [2.75, 3.05) is 25.5 Å². The van der Waals surface area contributed by atoms with Crippen LogP contribution in [0.5, 0.6) is 0 Å². The summed E-state index contributed by atoms with van der Waals surface area (Å²) in [5.41, 5.74) is 3.29. The van der Waals surface area contributed by atoms with Gasteiger partial charge in [0, 0.05) is 34.7 Å². The van der Waals surface area contributed by atoms with Gasteiger partial charge < -0.3 is 20.5 Å². The van der Waals surface area contributed by atoms with E-state index in [1.807, 2.05) is 41.8 Å². The summed E-state index contributed by atoms with van der Waals surface area (Å²) >= 11 is 7.50. The fourth-order valence-corrected chi connectivity index (χ4v) is 4.14. The van der Waals surface area contributed by atoms with Gasteiger partial charge in [0.05, 0.1) is 18.8 Å². The first-order valence-electron chi connectivity index (χ1n) is 9.65. The molecule has 0 bridgehead atoms. The number of methoxy groups -OCH3 is 1. The average Bonchev–Trinajstić information content (AvgIpc) is 3.25. The van der Waals surface area contributed by atoms with Gasteiger partial charge in [-0.2, -0.15) is 0 Å². The summed E-state index contributed by atoms with van der Waals surface area (Å²) in [5.74, 6) is -0.333. The molecule has 0 fully saturated rings. The van der Waals surface area contributed by atoms with E-state index in [2.05, 4.69) is 17.6 Å². The van der Waals surface area contributed by atoms with E-state index in [4.69, 9.17) is 16.3 Å². The highest BCUT2D eigenvalue weighted by Gasteiger charge is 2.15. The van der Waals surface area contributed by atoms with Crippen LogP contribution >= 0.6 is 35.3 Å². The van der Waals surface area contributed by atoms with Crippen LogP contribution in [-0.2, 0) is 4.74 Å². The number of ether oxygens (including phenoxy) is 1. The number of anilines is 1. The zero-order valence-corrected chi connectivity index (χ0v) is 19.7. The maximum atomic E-state index is 11.9. The van der Waals surface area contributed by atoms with Crippen LogP contribution < -0.4 is 10.6 Å². The van der Waals surface area contributed by atoms with Gasteiger partial charge in [-0.25, -0.2) is 4.79 Å². The quantitative estimate of drug-likeness (QED) is 0.357. The number of esters is 1. The lowest BCUT2D eigenvalue weighted by Crippen LogP contribution is -2.35. The zero-order valence-electron chi connectivity index (χ0n) is 17.3. The second kappa shape index (κ2) is 12.1. The number of aliphatic hydroxyl groups is 1. The molecule has 0 saturated carbocycles. The van der Waals surface area contributed by atoms with Crippen LogP contribution in [0.3, 0.4) is 0 Å². The SMILES string of the molecule is COC(=O)c1ccsc1-c1cccc(NCC(C)NCC(O)c2cccc(Cl)c2)c1.Cl. The van der Waals surface area contributed by atoms with Crippen molar-refractivity contribution in [3.63, 3.8) is 0 Å². The minimum absolute atomic E-state index is 0. The Labute approximate surface area is 197 Å². The predicted molar refractivity (Wildman–Crippen MR) is 131 cm³/mol. The third kappa shape index (κ3) is 6.95. The van der Waals surface area contributed by atoms with Gasteiger partial charge in [0.1, 0.15) is 0 Å². The van der Waals surface area contributed by atoms with Crippen LogP contribution in [0.4, 0.5) is 5.69 Å². The highest BCUT2D eigenvalue weighted by molar-refractivity contribution is 7.14. The molecule has 166 valence electrons. The molecule has 2 atom stereocenters. The molecule has 1 heterocycles. The fourth-order valence-electron chi connectivity index (χ4n) is 3.06. The molecule has 0 aliphatic rings. The molecule has 2 aromatic carbocycles. The Hall–Kier alpha value is -2.09. The molecule has 0 aliphatic heterocycles. The Morgan fingerprint density at radius 3 is 2.68 bits per heavy atom. The van der Waals surface area contributed by atoms with Gasteiger partial charge in [0.15, 0.2) is 0 Å². The lowest BCUT2D eigenvalue weighted by atomic mass is 10.1. The number of nitrogens with one attached hydrogen (secondary N) is 2. The Balaban J connectivity index is 0.00000341. The largest absolute Gasteiger partial charge is 0.465 e. The molecular formula is C23H26Cl2N2O3S. The van der Waals surface area contributed by atoms with E-state index >= 15 is 0 Å². The second-order valence-corrected chi connectivity index (χ2v) is 8.35. The highest BCUT2D eigenvalue weighted by Crippen LogP contribution is 2.31. The number of hydrogen-bond donors (Lipinski definition) is 3. The number of aliphatic hydroxyl groups excluding tert-OH is 1. The van der Waals surface area contributed by atoms with Gasteiger partial charge in [-0.15, -0.1) is 23.7 Å². The molecule has 5 nitrogen and oxygen atoms in total. The van der Waals surface area contributed by atoms with Crippen LogP contribution in [0.2, 0.25) is 5.02 Å². The summed E-state index contributed by atoms with van der Waals surface area (Å²) in [6.07, 6.45) is -0.620. The van der Waals surface area contributed by atoms with Crippen molar-refractivity contribution < 1.29 is 14.6 Å². The summed E-state index contributed by atoms with van der Waals surface area (Å²) in [5, 5.41) is 19.6. The van der Waals surface area contributed by atoms with Gasteiger partial charge in [0.25, 0.3) is 0 Å². The Morgan fingerprint density at radius 2 is 1.94 bits per heavy atom. The average molecular weight is 481 g/mol. The van der Waals surface area contributed by atoms with Crippen molar-refractivity contribution in [1.29, 1.82) is 0 Å². The first-order valence-corrected chi connectivity index (χ1v) is 10.9. The molecule has 0 amide bonds. The van der Waals surface area contributed by atoms with Crippen molar-refractivity contribution in [2.24, 2.45) is 0 Å². The highest BCUT2D eigenvalue weighted by atomic mass is 35.5. The molecule has 0 spiro atoms. The van der Waals surface area contributed by atoms with E-state index in [-0.39, 0.29) is 24.4 Å². The number of rotatable bonds is 9. The van der Waals surface area contributed by atoms with Crippen LogP contribution in [0.1, 0.15) is 28.9 Å². The first-order chi connectivity index (χ1) is 14.5. The number of carbonyl (C=O) groups excluding carboxylic acids is 1. The topological polar surface area (TPSA) is 70.6 Å². The molecular weight excluding hydrogens is 455 g/mol. The fraction of sp³-hybridized carbons (Fsp3) is 0.261. The molecule has 8 heteroatoms. The summed E-state index contributed by atoms with van der Waals surface area (Å²) in [7, 11) is 1.39. The molecule has 0 radical (unpaired) electrons. The van der Waals surface area contributed by atoms with Gasteiger partial charge in [-0.1, -0.05) is 35.9 Å². The molecule has 0 aliphatic carbocycles. The molecule has 3 N–H and O–H groups in total. The van der Waals surface area contributed by atoms with Gasteiger partial charge in [0.2, 0.25) is 0 Å². The van der Waals surface area contributed by atoms with Crippen molar-refractivity contribution in [2.45, 2.75) is 19.1 Å². The minimum Gasteiger partial charge on any atom is -0.465 e. The van der Waals surface area contributed by atoms with E-state index in [9.17, 15) is 9.90 Å². The lowest BCUT2D eigenvalue weighted by molar-refractivity contribution is 0.0602. The Morgan fingerprint density at radius 1 is 1.16 bits per heavy atom. The first kappa shape index (κ1) is 25.2. The number of carbonyl (C=O) groups is 1. The monoisotopic (exact) mass is 480 g/mol. The third-order valence-electron chi connectivity index (χ3n) is 4.70. The maximum absolute atomic E-state index is 11.9. The van der Waals surface area contributed by atoms with Crippen LogP contribution in [0.25, 0.3) is 10.4 Å². The van der Waals surface area contributed by atoms with Crippen molar-refractivity contribution in [1.82, 2.24) is 5.32 Å². The number of benzene rings is 2. The Bertz CT molecular complexity index is 996.